The van der Waals surface area contributed by atoms with Gasteiger partial charge in [0.25, 0.3) is 0 Å². The van der Waals surface area contributed by atoms with Gasteiger partial charge in [-0.2, -0.15) is 5.10 Å². The fourth-order valence-corrected chi connectivity index (χ4v) is 3.35. The summed E-state index contributed by atoms with van der Waals surface area (Å²) in [5.41, 5.74) is 4.27. The Balaban J connectivity index is 2.25. The third kappa shape index (κ3) is 2.90. The number of hydrazine groups is 1. The molecule has 0 amide bonds. The Hall–Kier alpha value is -0.910. The molecule has 1 aliphatic heterocycles. The first-order valence-corrected chi connectivity index (χ1v) is 7.89. The number of hydrogen-bond donors (Lipinski definition) is 2. The van der Waals surface area contributed by atoms with Crippen LogP contribution >= 0.6 is 0 Å². The van der Waals surface area contributed by atoms with Crippen LogP contribution in [0.5, 0.6) is 0 Å². The van der Waals surface area contributed by atoms with Crippen LogP contribution < -0.4 is 11.3 Å². The lowest BCUT2D eigenvalue weighted by Gasteiger charge is -2.47. The smallest absolute Gasteiger partial charge is 0.0671 e. The van der Waals surface area contributed by atoms with E-state index in [-0.39, 0.29) is 11.6 Å². The minimum Gasteiger partial charge on any atom is -0.296 e. The van der Waals surface area contributed by atoms with Crippen molar-refractivity contribution >= 4 is 0 Å². The van der Waals surface area contributed by atoms with Crippen molar-refractivity contribution in [1.82, 2.24) is 20.1 Å². The molecule has 1 aliphatic rings. The summed E-state index contributed by atoms with van der Waals surface area (Å²) in [7, 11) is 0. The third-order valence-electron chi connectivity index (χ3n) is 4.89. The van der Waals surface area contributed by atoms with Gasteiger partial charge in [-0.05, 0) is 46.2 Å². The van der Waals surface area contributed by atoms with Crippen LogP contribution in [0.1, 0.15) is 58.1 Å². The van der Waals surface area contributed by atoms with Crippen molar-refractivity contribution in [2.75, 3.05) is 13.1 Å². The summed E-state index contributed by atoms with van der Waals surface area (Å²) in [6.07, 6.45) is 9.07. The van der Waals surface area contributed by atoms with Crippen LogP contribution in [0.25, 0.3) is 0 Å². The minimum atomic E-state index is 0.0385. The van der Waals surface area contributed by atoms with Crippen LogP contribution in [0, 0.1) is 0 Å². The number of likely N-dealkylation sites (tertiary alicyclic amines) is 1. The molecule has 0 bridgehead atoms. The van der Waals surface area contributed by atoms with E-state index >= 15 is 0 Å². The lowest BCUT2D eigenvalue weighted by Crippen LogP contribution is -2.57. The van der Waals surface area contributed by atoms with E-state index in [9.17, 15) is 0 Å². The van der Waals surface area contributed by atoms with Crippen molar-refractivity contribution < 1.29 is 0 Å². The fourth-order valence-electron chi connectivity index (χ4n) is 3.35. The molecule has 0 aromatic carbocycles. The molecule has 3 N–H and O–H groups in total. The van der Waals surface area contributed by atoms with Gasteiger partial charge >= 0.3 is 0 Å². The topological polar surface area (TPSA) is 59.1 Å². The van der Waals surface area contributed by atoms with Crippen molar-refractivity contribution in [1.29, 1.82) is 0 Å². The zero-order chi connectivity index (χ0) is 14.6. The molecule has 0 aliphatic carbocycles. The second-order valence-electron chi connectivity index (χ2n) is 5.99. The first-order valence-electron chi connectivity index (χ1n) is 7.89. The largest absolute Gasteiger partial charge is 0.296 e. The molecule has 5 heteroatoms. The highest BCUT2D eigenvalue weighted by Gasteiger charge is 2.39. The zero-order valence-electron chi connectivity index (χ0n) is 13.1. The Morgan fingerprint density at radius 2 is 2.05 bits per heavy atom. The summed E-state index contributed by atoms with van der Waals surface area (Å²) in [4.78, 5) is 2.60. The fraction of sp³-hybridized carbons (Fsp3) is 0.800. The number of piperidine rings is 1. The molecule has 0 spiro atoms. The molecular weight excluding hydrogens is 250 g/mol. The molecule has 1 aromatic heterocycles. The van der Waals surface area contributed by atoms with Crippen molar-refractivity contribution in [3.05, 3.63) is 18.0 Å². The molecule has 1 saturated heterocycles. The number of aryl methyl sites for hydroxylation is 1. The number of hydrogen-bond acceptors (Lipinski definition) is 4. The highest BCUT2D eigenvalue weighted by molar-refractivity contribution is 5.17. The van der Waals surface area contributed by atoms with Crippen LogP contribution in [0.3, 0.4) is 0 Å². The van der Waals surface area contributed by atoms with Crippen molar-refractivity contribution in [3.63, 3.8) is 0 Å². The molecule has 2 atom stereocenters. The molecule has 2 rings (SSSR count). The first kappa shape index (κ1) is 15.5. The second-order valence-corrected chi connectivity index (χ2v) is 5.99. The first-order chi connectivity index (χ1) is 9.65. The summed E-state index contributed by atoms with van der Waals surface area (Å²) >= 11 is 0. The predicted octanol–water partition coefficient (Wildman–Crippen LogP) is 2.06. The number of rotatable bonds is 6. The predicted molar refractivity (Wildman–Crippen MR) is 82.1 cm³/mol. The van der Waals surface area contributed by atoms with Gasteiger partial charge in [-0.25, -0.2) is 0 Å². The van der Waals surface area contributed by atoms with Gasteiger partial charge in [0.15, 0.2) is 0 Å². The highest BCUT2D eigenvalue weighted by atomic mass is 15.3. The molecule has 20 heavy (non-hydrogen) atoms. The summed E-state index contributed by atoms with van der Waals surface area (Å²) < 4.78 is 1.96. The normalized spacial score (nSPS) is 21.6. The third-order valence-corrected chi connectivity index (χ3v) is 4.89. The van der Waals surface area contributed by atoms with E-state index in [2.05, 4.69) is 42.4 Å². The van der Waals surface area contributed by atoms with Gasteiger partial charge in [-0.1, -0.05) is 13.3 Å². The van der Waals surface area contributed by atoms with E-state index in [1.54, 1.807) is 0 Å². The van der Waals surface area contributed by atoms with E-state index in [4.69, 9.17) is 5.84 Å². The van der Waals surface area contributed by atoms with E-state index in [0.29, 0.717) is 0 Å². The Morgan fingerprint density at radius 1 is 1.35 bits per heavy atom. The molecule has 0 radical (unpaired) electrons. The summed E-state index contributed by atoms with van der Waals surface area (Å²) in [5.74, 6) is 5.91. The van der Waals surface area contributed by atoms with Crippen LogP contribution in [0.15, 0.2) is 12.4 Å². The van der Waals surface area contributed by atoms with Crippen LogP contribution in [0.2, 0.25) is 0 Å². The summed E-state index contributed by atoms with van der Waals surface area (Å²) in [6, 6.07) is 0.117. The Labute approximate surface area is 122 Å². The van der Waals surface area contributed by atoms with Gasteiger partial charge in [0.2, 0.25) is 0 Å². The van der Waals surface area contributed by atoms with E-state index in [0.717, 1.165) is 13.0 Å². The Bertz CT molecular complexity index is 410. The molecule has 5 nitrogen and oxygen atoms in total. The maximum absolute atomic E-state index is 5.91. The molecule has 2 heterocycles. The molecule has 114 valence electrons. The van der Waals surface area contributed by atoms with Gasteiger partial charge in [-0.3, -0.25) is 20.9 Å². The number of nitrogens with one attached hydrogen (secondary N) is 1. The number of nitrogens with zero attached hydrogens (tertiary/aromatic N) is 3. The van der Waals surface area contributed by atoms with Crippen molar-refractivity contribution in [2.45, 2.75) is 64.6 Å². The number of nitrogens with two attached hydrogens (primary N) is 1. The monoisotopic (exact) mass is 279 g/mol. The Kier molecular flexibility index (Phi) is 5.18. The maximum Gasteiger partial charge on any atom is 0.0671 e. The zero-order valence-corrected chi connectivity index (χ0v) is 13.1. The number of aromatic nitrogens is 2. The van der Waals surface area contributed by atoms with E-state index in [1.165, 1.54) is 37.9 Å². The van der Waals surface area contributed by atoms with Crippen LogP contribution in [-0.2, 0) is 6.54 Å². The average molecular weight is 279 g/mol. The van der Waals surface area contributed by atoms with Gasteiger partial charge < -0.3 is 0 Å². The molecule has 0 saturated carbocycles. The highest BCUT2D eigenvalue weighted by Crippen LogP contribution is 2.35. The van der Waals surface area contributed by atoms with E-state index < -0.39 is 0 Å². The van der Waals surface area contributed by atoms with Gasteiger partial charge in [0.1, 0.15) is 0 Å². The summed E-state index contributed by atoms with van der Waals surface area (Å²) in [6.45, 7) is 9.92. The van der Waals surface area contributed by atoms with Crippen molar-refractivity contribution in [3.8, 4) is 0 Å². The maximum atomic E-state index is 5.91. The second kappa shape index (κ2) is 6.70. The van der Waals surface area contributed by atoms with Gasteiger partial charge in [0, 0.05) is 23.8 Å². The van der Waals surface area contributed by atoms with Crippen LogP contribution in [-0.4, -0.2) is 33.3 Å². The SMILES string of the molecule is CCn1cc(C(NN)C(C)(CC)N2CCCCC2)cn1. The van der Waals surface area contributed by atoms with Gasteiger partial charge in [0.05, 0.1) is 12.2 Å². The molecule has 1 fully saturated rings. The van der Waals surface area contributed by atoms with Crippen LogP contribution in [0.4, 0.5) is 0 Å². The van der Waals surface area contributed by atoms with Crippen molar-refractivity contribution in [2.24, 2.45) is 5.84 Å². The summed E-state index contributed by atoms with van der Waals surface area (Å²) in [5, 5.41) is 4.40. The molecule has 1 aromatic rings. The standard InChI is InChI=1S/C15H29N5/c1-4-15(3,19-9-7-6-8-10-19)14(18-16)13-11-17-20(5-2)12-13/h11-12,14,18H,4-10,16H2,1-3H3. The average Bonchev–Trinajstić information content (AvgIpc) is 2.97. The molecular formula is C15H29N5. The van der Waals surface area contributed by atoms with E-state index in [1.807, 2.05) is 10.9 Å². The quantitative estimate of drug-likeness (QED) is 0.618. The lowest BCUT2D eigenvalue weighted by molar-refractivity contribution is 0.0424. The minimum absolute atomic E-state index is 0.0385. The lowest BCUT2D eigenvalue weighted by atomic mass is 9.83. The van der Waals surface area contributed by atoms with Gasteiger partial charge in [-0.15, -0.1) is 0 Å². The Morgan fingerprint density at radius 3 is 2.55 bits per heavy atom. The molecule has 2 unspecified atom stereocenters.